The van der Waals surface area contributed by atoms with Crippen LogP contribution in [0.25, 0.3) is 0 Å². The molecule has 2 amide bonds. The van der Waals surface area contributed by atoms with Crippen molar-refractivity contribution in [2.45, 2.75) is 33.1 Å². The van der Waals surface area contributed by atoms with Gasteiger partial charge < -0.3 is 20.1 Å². The maximum Gasteiger partial charge on any atom is 0.317 e. The van der Waals surface area contributed by atoms with Crippen molar-refractivity contribution in [3.8, 4) is 5.75 Å². The molecule has 0 bridgehead atoms. The number of carbonyl (C=O) groups is 2. The smallest absolute Gasteiger partial charge is 0.317 e. The Morgan fingerprint density at radius 3 is 2.50 bits per heavy atom. The van der Waals surface area contributed by atoms with E-state index in [1.165, 1.54) is 4.90 Å². The SMILES string of the molecule is CC(CN(C)C(=O)NCCOc1ccccc1C(C)(C)C)C(=O)O. The summed E-state index contributed by atoms with van der Waals surface area (Å²) in [5.74, 6) is -0.709. The molecular weight excluding hydrogens is 308 g/mol. The lowest BCUT2D eigenvalue weighted by atomic mass is 9.86. The number of ether oxygens (including phenoxy) is 1. The number of amides is 2. The molecule has 6 heteroatoms. The average molecular weight is 336 g/mol. The second-order valence-electron chi connectivity index (χ2n) is 6.95. The Balaban J connectivity index is 2.44. The number of carboxylic acid groups (broad SMARTS) is 1. The van der Waals surface area contributed by atoms with Gasteiger partial charge in [0.15, 0.2) is 0 Å². The zero-order valence-electron chi connectivity index (χ0n) is 15.1. The molecule has 1 atom stereocenters. The monoisotopic (exact) mass is 336 g/mol. The molecule has 0 saturated carbocycles. The fourth-order valence-electron chi connectivity index (χ4n) is 2.24. The van der Waals surface area contributed by atoms with Crippen LogP contribution < -0.4 is 10.1 Å². The molecule has 24 heavy (non-hydrogen) atoms. The van der Waals surface area contributed by atoms with Crippen molar-refractivity contribution in [1.29, 1.82) is 0 Å². The number of hydrogen-bond donors (Lipinski definition) is 2. The molecule has 0 aromatic heterocycles. The van der Waals surface area contributed by atoms with Gasteiger partial charge in [-0.2, -0.15) is 0 Å². The fourth-order valence-corrected chi connectivity index (χ4v) is 2.24. The molecule has 0 spiro atoms. The molecule has 0 saturated heterocycles. The van der Waals surface area contributed by atoms with Gasteiger partial charge in [-0.15, -0.1) is 0 Å². The highest BCUT2D eigenvalue weighted by Gasteiger charge is 2.19. The number of nitrogens with zero attached hydrogens (tertiary/aromatic N) is 1. The summed E-state index contributed by atoms with van der Waals surface area (Å²) in [6.45, 7) is 8.79. The topological polar surface area (TPSA) is 78.9 Å². The third kappa shape index (κ3) is 6.10. The van der Waals surface area contributed by atoms with E-state index in [0.717, 1.165) is 11.3 Å². The molecule has 1 aromatic carbocycles. The number of rotatable bonds is 7. The first-order valence-corrected chi connectivity index (χ1v) is 8.07. The molecule has 134 valence electrons. The molecule has 0 aliphatic carbocycles. The van der Waals surface area contributed by atoms with Gasteiger partial charge in [-0.1, -0.05) is 45.9 Å². The first-order valence-electron chi connectivity index (χ1n) is 8.07. The Kier molecular flexibility index (Phi) is 7.07. The van der Waals surface area contributed by atoms with Crippen LogP contribution in [0.4, 0.5) is 4.79 Å². The van der Waals surface area contributed by atoms with Crippen LogP contribution in [-0.4, -0.2) is 48.8 Å². The van der Waals surface area contributed by atoms with Gasteiger partial charge in [0.25, 0.3) is 0 Å². The summed E-state index contributed by atoms with van der Waals surface area (Å²) >= 11 is 0. The summed E-state index contributed by atoms with van der Waals surface area (Å²) in [5, 5.41) is 11.6. The minimum atomic E-state index is -0.920. The van der Waals surface area contributed by atoms with Crippen molar-refractivity contribution < 1.29 is 19.4 Å². The molecule has 1 rings (SSSR count). The molecular formula is C18H28N2O4. The molecule has 6 nitrogen and oxygen atoms in total. The van der Waals surface area contributed by atoms with Gasteiger partial charge in [0.2, 0.25) is 0 Å². The number of hydrogen-bond acceptors (Lipinski definition) is 3. The van der Waals surface area contributed by atoms with Crippen molar-refractivity contribution >= 4 is 12.0 Å². The average Bonchev–Trinajstić information content (AvgIpc) is 2.50. The molecule has 0 heterocycles. The van der Waals surface area contributed by atoms with Gasteiger partial charge in [-0.3, -0.25) is 4.79 Å². The largest absolute Gasteiger partial charge is 0.491 e. The van der Waals surface area contributed by atoms with E-state index >= 15 is 0 Å². The van der Waals surface area contributed by atoms with Crippen molar-refractivity contribution in [2.24, 2.45) is 5.92 Å². The van der Waals surface area contributed by atoms with Crippen LogP contribution in [0.3, 0.4) is 0 Å². The summed E-state index contributed by atoms with van der Waals surface area (Å²) in [6, 6.07) is 7.55. The Bertz CT molecular complexity index is 566. The molecule has 0 fully saturated rings. The van der Waals surface area contributed by atoms with Crippen LogP contribution in [0.2, 0.25) is 0 Å². The molecule has 2 N–H and O–H groups in total. The van der Waals surface area contributed by atoms with E-state index in [1.807, 2.05) is 24.3 Å². The lowest BCUT2D eigenvalue weighted by Crippen LogP contribution is -2.42. The van der Waals surface area contributed by atoms with E-state index in [-0.39, 0.29) is 18.0 Å². The predicted octanol–water partition coefficient (Wildman–Crippen LogP) is 2.73. The third-order valence-corrected chi connectivity index (χ3v) is 3.65. The molecule has 0 aliphatic heterocycles. The lowest BCUT2D eigenvalue weighted by molar-refractivity contribution is -0.141. The molecule has 1 unspecified atom stereocenters. The van der Waals surface area contributed by atoms with Crippen molar-refractivity contribution in [1.82, 2.24) is 10.2 Å². The van der Waals surface area contributed by atoms with Crippen LogP contribution in [-0.2, 0) is 10.2 Å². The summed E-state index contributed by atoms with van der Waals surface area (Å²) in [6.07, 6.45) is 0. The lowest BCUT2D eigenvalue weighted by Gasteiger charge is -2.23. The quantitative estimate of drug-likeness (QED) is 0.751. The number of nitrogens with one attached hydrogen (secondary N) is 1. The van der Waals surface area contributed by atoms with Gasteiger partial charge >= 0.3 is 12.0 Å². The van der Waals surface area contributed by atoms with Crippen molar-refractivity contribution in [3.63, 3.8) is 0 Å². The van der Waals surface area contributed by atoms with E-state index in [1.54, 1.807) is 14.0 Å². The number of urea groups is 1. The Morgan fingerprint density at radius 2 is 1.92 bits per heavy atom. The Hall–Kier alpha value is -2.24. The third-order valence-electron chi connectivity index (χ3n) is 3.65. The summed E-state index contributed by atoms with van der Waals surface area (Å²) in [7, 11) is 1.57. The van der Waals surface area contributed by atoms with Gasteiger partial charge in [0, 0.05) is 13.6 Å². The first kappa shape index (κ1) is 19.8. The Labute approximate surface area is 143 Å². The summed E-state index contributed by atoms with van der Waals surface area (Å²) in [5.41, 5.74) is 1.09. The molecule has 0 radical (unpaired) electrons. The standard InChI is InChI=1S/C18H28N2O4/c1-13(16(21)22)12-20(5)17(23)19-10-11-24-15-9-7-6-8-14(15)18(2,3)4/h6-9,13H,10-12H2,1-5H3,(H,19,23)(H,21,22). The number of carboxylic acids is 1. The van der Waals surface area contributed by atoms with Crippen molar-refractivity contribution in [2.75, 3.05) is 26.7 Å². The fraction of sp³-hybridized carbons (Fsp3) is 0.556. The van der Waals surface area contributed by atoms with E-state index in [2.05, 4.69) is 26.1 Å². The maximum absolute atomic E-state index is 11.9. The number of para-hydroxylation sites is 1. The van der Waals surface area contributed by atoms with Gasteiger partial charge in [-0.05, 0) is 17.0 Å². The highest BCUT2D eigenvalue weighted by molar-refractivity contribution is 5.75. The Morgan fingerprint density at radius 1 is 1.29 bits per heavy atom. The normalized spacial score (nSPS) is 12.4. The molecule has 0 aliphatic rings. The van der Waals surface area contributed by atoms with Crippen LogP contribution in [0, 0.1) is 5.92 Å². The van der Waals surface area contributed by atoms with Crippen LogP contribution in [0.5, 0.6) is 5.75 Å². The van der Waals surface area contributed by atoms with Gasteiger partial charge in [0.1, 0.15) is 12.4 Å². The van der Waals surface area contributed by atoms with E-state index in [9.17, 15) is 9.59 Å². The predicted molar refractivity (Wildman–Crippen MR) is 93.5 cm³/mol. The second-order valence-corrected chi connectivity index (χ2v) is 6.95. The summed E-state index contributed by atoms with van der Waals surface area (Å²) < 4.78 is 5.79. The second kappa shape index (κ2) is 8.57. The number of aliphatic carboxylic acids is 1. The van der Waals surface area contributed by atoms with E-state index in [4.69, 9.17) is 9.84 Å². The highest BCUT2D eigenvalue weighted by Crippen LogP contribution is 2.30. The first-order chi connectivity index (χ1) is 11.1. The number of benzene rings is 1. The maximum atomic E-state index is 11.9. The zero-order valence-corrected chi connectivity index (χ0v) is 15.1. The molecule has 1 aromatic rings. The zero-order chi connectivity index (χ0) is 18.3. The van der Waals surface area contributed by atoms with E-state index < -0.39 is 11.9 Å². The van der Waals surface area contributed by atoms with Gasteiger partial charge in [-0.25, -0.2) is 4.79 Å². The van der Waals surface area contributed by atoms with Gasteiger partial charge in [0.05, 0.1) is 12.5 Å². The number of carbonyl (C=O) groups excluding carboxylic acids is 1. The minimum absolute atomic E-state index is 0.0208. The van der Waals surface area contributed by atoms with E-state index in [0.29, 0.717) is 13.2 Å². The highest BCUT2D eigenvalue weighted by atomic mass is 16.5. The van der Waals surface area contributed by atoms with Crippen LogP contribution in [0.15, 0.2) is 24.3 Å². The van der Waals surface area contributed by atoms with Crippen LogP contribution in [0.1, 0.15) is 33.3 Å². The summed E-state index contributed by atoms with van der Waals surface area (Å²) in [4.78, 5) is 24.1. The minimum Gasteiger partial charge on any atom is -0.491 e. The van der Waals surface area contributed by atoms with Crippen molar-refractivity contribution in [3.05, 3.63) is 29.8 Å². The van der Waals surface area contributed by atoms with Crippen LogP contribution >= 0.6 is 0 Å².